The van der Waals surface area contributed by atoms with Gasteiger partial charge in [0.2, 0.25) is 0 Å². The van der Waals surface area contributed by atoms with Crippen molar-refractivity contribution in [1.29, 1.82) is 0 Å². The zero-order chi connectivity index (χ0) is 21.6. The van der Waals surface area contributed by atoms with Gasteiger partial charge in [-0.3, -0.25) is 9.48 Å². The van der Waals surface area contributed by atoms with Gasteiger partial charge in [-0.2, -0.15) is 5.10 Å². The lowest BCUT2D eigenvalue weighted by atomic mass is 9.99. The third kappa shape index (κ3) is 3.88. The van der Waals surface area contributed by atoms with Crippen LogP contribution in [0, 0.1) is 5.82 Å². The summed E-state index contributed by atoms with van der Waals surface area (Å²) in [5, 5.41) is 10.7. The van der Waals surface area contributed by atoms with Gasteiger partial charge in [-0.05, 0) is 43.4 Å². The number of hydrogen-bond donors (Lipinski definition) is 3. The monoisotopic (exact) mass is 421 g/mol. The number of nitrogens with one attached hydrogen (secondary N) is 2. The number of nitrogen functional groups attached to an aromatic ring is 1. The maximum absolute atomic E-state index is 14.6. The van der Waals surface area contributed by atoms with Gasteiger partial charge in [-0.25, -0.2) is 14.4 Å². The third-order valence-corrected chi connectivity index (χ3v) is 6.18. The van der Waals surface area contributed by atoms with Crippen LogP contribution in [0.4, 0.5) is 10.2 Å². The Balaban J connectivity index is 1.40. The van der Waals surface area contributed by atoms with Crippen molar-refractivity contribution in [3.05, 3.63) is 48.3 Å². The second-order valence-corrected chi connectivity index (χ2v) is 8.46. The number of piperidine rings is 1. The summed E-state index contributed by atoms with van der Waals surface area (Å²) in [6, 6.07) is 4.73. The average Bonchev–Trinajstić information content (AvgIpc) is 3.38. The van der Waals surface area contributed by atoms with E-state index in [0.717, 1.165) is 30.5 Å². The molecule has 1 amide bonds. The first kappa shape index (κ1) is 19.6. The molecule has 160 valence electrons. The number of halogens is 1. The SMILES string of the molecule is Cn1cc(-c2ccc(F)c(-c3cnc(N)c(C(=O)NC4CCC5(CC5)NC4)n3)c2)cn1. The number of anilines is 1. The molecule has 4 N–H and O–H groups in total. The zero-order valence-corrected chi connectivity index (χ0v) is 17.2. The molecule has 1 saturated carbocycles. The van der Waals surface area contributed by atoms with E-state index in [9.17, 15) is 9.18 Å². The Kier molecular flexibility index (Phi) is 4.70. The van der Waals surface area contributed by atoms with Crippen molar-refractivity contribution in [1.82, 2.24) is 30.4 Å². The van der Waals surface area contributed by atoms with Gasteiger partial charge in [0.05, 0.1) is 18.1 Å². The smallest absolute Gasteiger partial charge is 0.274 e. The number of nitrogens with two attached hydrogens (primary N) is 1. The fraction of sp³-hybridized carbons (Fsp3) is 0.364. The Bertz CT molecular complexity index is 1140. The molecular formula is C22H24FN7O. The number of aryl methyl sites for hydroxylation is 1. The van der Waals surface area contributed by atoms with Crippen molar-refractivity contribution in [2.24, 2.45) is 7.05 Å². The van der Waals surface area contributed by atoms with Crippen LogP contribution in [0.1, 0.15) is 36.2 Å². The molecule has 0 radical (unpaired) electrons. The van der Waals surface area contributed by atoms with Gasteiger partial charge >= 0.3 is 0 Å². The number of hydrogen-bond acceptors (Lipinski definition) is 6. The quantitative estimate of drug-likeness (QED) is 0.596. The fourth-order valence-electron chi connectivity index (χ4n) is 4.10. The summed E-state index contributed by atoms with van der Waals surface area (Å²) < 4.78 is 16.3. The molecule has 2 aromatic heterocycles. The predicted molar refractivity (Wildman–Crippen MR) is 114 cm³/mol. The minimum Gasteiger partial charge on any atom is -0.382 e. The van der Waals surface area contributed by atoms with Crippen molar-refractivity contribution in [2.75, 3.05) is 12.3 Å². The molecule has 31 heavy (non-hydrogen) atoms. The topological polar surface area (TPSA) is 111 Å². The number of aromatic nitrogens is 4. The molecule has 1 saturated heterocycles. The second-order valence-electron chi connectivity index (χ2n) is 8.46. The number of benzene rings is 1. The number of carbonyl (C=O) groups excluding carboxylic acids is 1. The van der Waals surface area contributed by atoms with E-state index in [2.05, 4.69) is 25.7 Å². The minimum absolute atomic E-state index is 0.00854. The lowest BCUT2D eigenvalue weighted by Crippen LogP contribution is -2.50. The van der Waals surface area contributed by atoms with Crippen molar-refractivity contribution >= 4 is 11.7 Å². The molecule has 2 aliphatic rings. The predicted octanol–water partition coefficient (Wildman–Crippen LogP) is 2.28. The molecule has 3 heterocycles. The fourth-order valence-corrected chi connectivity index (χ4v) is 4.10. The highest BCUT2D eigenvalue weighted by Gasteiger charge is 2.44. The van der Waals surface area contributed by atoms with Crippen LogP contribution in [0.2, 0.25) is 0 Å². The standard InChI is InChI=1S/C22H24FN7O/c1-30-12-14(9-27-30)13-2-3-17(23)16(8-13)18-11-25-20(24)19(29-18)21(31)28-15-4-5-22(6-7-22)26-10-15/h2-3,8-9,11-12,15,26H,4-7,10H2,1H3,(H2,24,25)(H,28,31). The minimum atomic E-state index is -0.454. The molecule has 8 nitrogen and oxygen atoms in total. The Labute approximate surface area is 179 Å². The third-order valence-electron chi connectivity index (χ3n) is 6.18. The first-order chi connectivity index (χ1) is 14.9. The summed E-state index contributed by atoms with van der Waals surface area (Å²) in [6.45, 7) is 0.723. The Morgan fingerprint density at radius 3 is 2.81 bits per heavy atom. The van der Waals surface area contributed by atoms with Crippen molar-refractivity contribution in [2.45, 2.75) is 37.3 Å². The molecule has 2 fully saturated rings. The lowest BCUT2D eigenvalue weighted by molar-refractivity contribution is 0.0921. The highest BCUT2D eigenvalue weighted by Crippen LogP contribution is 2.41. The van der Waals surface area contributed by atoms with Crippen LogP contribution in [0.5, 0.6) is 0 Å². The van der Waals surface area contributed by atoms with E-state index in [0.29, 0.717) is 5.54 Å². The molecule has 9 heteroatoms. The van der Waals surface area contributed by atoms with Gasteiger partial charge in [0, 0.05) is 42.5 Å². The molecular weight excluding hydrogens is 397 g/mol. The summed E-state index contributed by atoms with van der Waals surface area (Å²) in [5.74, 6) is -0.828. The molecule has 3 aromatic rings. The van der Waals surface area contributed by atoms with Crippen LogP contribution in [-0.4, -0.2) is 43.8 Å². The van der Waals surface area contributed by atoms with E-state index < -0.39 is 11.7 Å². The van der Waals surface area contributed by atoms with Crippen LogP contribution in [0.15, 0.2) is 36.8 Å². The lowest BCUT2D eigenvalue weighted by Gasteiger charge is -2.30. The summed E-state index contributed by atoms with van der Waals surface area (Å²) in [7, 11) is 1.82. The van der Waals surface area contributed by atoms with E-state index in [1.54, 1.807) is 23.0 Å². The molecule has 1 aliphatic heterocycles. The van der Waals surface area contributed by atoms with Gasteiger partial charge in [-0.1, -0.05) is 6.07 Å². The van der Waals surface area contributed by atoms with Crippen LogP contribution >= 0.6 is 0 Å². The summed E-state index contributed by atoms with van der Waals surface area (Å²) >= 11 is 0. The molecule has 0 bridgehead atoms. The number of carbonyl (C=O) groups is 1. The Morgan fingerprint density at radius 2 is 2.13 bits per heavy atom. The Hall–Kier alpha value is -3.33. The molecule has 1 spiro atoms. The van der Waals surface area contributed by atoms with Crippen molar-refractivity contribution in [3.8, 4) is 22.4 Å². The first-order valence-corrected chi connectivity index (χ1v) is 10.4. The van der Waals surface area contributed by atoms with Crippen molar-refractivity contribution in [3.63, 3.8) is 0 Å². The van der Waals surface area contributed by atoms with Crippen LogP contribution in [0.25, 0.3) is 22.4 Å². The highest BCUT2D eigenvalue weighted by atomic mass is 19.1. The van der Waals surface area contributed by atoms with Crippen LogP contribution in [-0.2, 0) is 7.05 Å². The van der Waals surface area contributed by atoms with E-state index in [4.69, 9.17) is 5.73 Å². The molecule has 1 atom stereocenters. The van der Waals surface area contributed by atoms with E-state index in [-0.39, 0.29) is 28.8 Å². The van der Waals surface area contributed by atoms with E-state index in [1.807, 2.05) is 13.2 Å². The maximum atomic E-state index is 14.6. The average molecular weight is 421 g/mol. The van der Waals surface area contributed by atoms with Gasteiger partial charge in [0.15, 0.2) is 11.5 Å². The van der Waals surface area contributed by atoms with Gasteiger partial charge in [0.25, 0.3) is 5.91 Å². The van der Waals surface area contributed by atoms with Crippen LogP contribution in [0.3, 0.4) is 0 Å². The molecule has 5 rings (SSSR count). The summed E-state index contributed by atoms with van der Waals surface area (Å²) in [5.41, 5.74) is 8.38. The zero-order valence-electron chi connectivity index (χ0n) is 17.2. The van der Waals surface area contributed by atoms with E-state index in [1.165, 1.54) is 25.1 Å². The van der Waals surface area contributed by atoms with Gasteiger partial charge in [0.1, 0.15) is 5.82 Å². The van der Waals surface area contributed by atoms with Gasteiger partial charge in [-0.15, -0.1) is 0 Å². The number of rotatable bonds is 4. The van der Waals surface area contributed by atoms with Crippen LogP contribution < -0.4 is 16.4 Å². The highest BCUT2D eigenvalue weighted by molar-refractivity contribution is 5.97. The molecule has 1 aliphatic carbocycles. The van der Waals surface area contributed by atoms with Gasteiger partial charge < -0.3 is 16.4 Å². The normalized spacial score (nSPS) is 19.4. The second kappa shape index (κ2) is 7.42. The summed E-state index contributed by atoms with van der Waals surface area (Å²) in [4.78, 5) is 21.3. The number of nitrogens with zero attached hydrogens (tertiary/aromatic N) is 4. The first-order valence-electron chi connectivity index (χ1n) is 10.4. The number of amides is 1. The molecule has 1 aromatic carbocycles. The molecule has 1 unspecified atom stereocenters. The van der Waals surface area contributed by atoms with E-state index >= 15 is 0 Å². The Morgan fingerprint density at radius 1 is 1.29 bits per heavy atom. The maximum Gasteiger partial charge on any atom is 0.274 e. The van der Waals surface area contributed by atoms with Crippen molar-refractivity contribution < 1.29 is 9.18 Å². The summed E-state index contributed by atoms with van der Waals surface area (Å²) in [6.07, 6.45) is 9.30. The largest absolute Gasteiger partial charge is 0.382 e.